The second kappa shape index (κ2) is 10.9. The molecule has 204 valence electrons. The fraction of sp³-hybridized carbons (Fsp3) is 0.324. The molecule has 40 heavy (non-hydrogen) atoms. The minimum absolute atomic E-state index is 0.0836. The van der Waals surface area contributed by atoms with E-state index < -0.39 is 0 Å². The van der Waals surface area contributed by atoms with Crippen LogP contribution in [0.2, 0.25) is 0 Å². The number of allylic oxidation sites excluding steroid dienone is 2. The summed E-state index contributed by atoms with van der Waals surface area (Å²) >= 11 is 0. The molecule has 1 aliphatic carbocycles. The number of phenolic OH excluding ortho intramolecular Hbond substituents is 1. The zero-order valence-electron chi connectivity index (χ0n) is 22.9. The van der Waals surface area contributed by atoms with Crippen LogP contribution in [-0.2, 0) is 14.3 Å². The van der Waals surface area contributed by atoms with Gasteiger partial charge in [-0.15, -0.1) is 0 Å². The number of carbonyl (C=O) groups excluding carboxylic acids is 2. The standard InChI is InChI=1S/C34H34N2O4/c1-21(2)26-19-27-32(34(39)36(33(27)38)24-10-4-3-5-11-24)28-20-40-30(31(26)28)15-14-23(29-13-6-7-16-35-29)17-22-9-8-12-25(37)18-22/h3-13,16-18,21,27-28,30,32,37H,14-15,19-20H2,1-2H3/b23-17-/t27-,28+,30-,32-/m1/s1. The molecule has 0 saturated carbocycles. The van der Waals surface area contributed by atoms with Gasteiger partial charge in [0.05, 0.1) is 35.9 Å². The van der Waals surface area contributed by atoms with Crippen LogP contribution in [0.5, 0.6) is 5.75 Å². The number of para-hydroxylation sites is 1. The summed E-state index contributed by atoms with van der Waals surface area (Å²) < 4.78 is 6.44. The van der Waals surface area contributed by atoms with Crippen LogP contribution in [0.1, 0.15) is 44.4 Å². The van der Waals surface area contributed by atoms with Crippen molar-refractivity contribution in [2.24, 2.45) is 23.7 Å². The van der Waals surface area contributed by atoms with Crippen molar-refractivity contribution in [3.63, 3.8) is 0 Å². The van der Waals surface area contributed by atoms with Gasteiger partial charge in [0.2, 0.25) is 11.8 Å². The van der Waals surface area contributed by atoms with E-state index in [0.29, 0.717) is 18.7 Å². The molecule has 0 spiro atoms. The lowest BCUT2D eigenvalue weighted by Crippen LogP contribution is -2.35. The number of hydrogen-bond donors (Lipinski definition) is 1. The van der Waals surface area contributed by atoms with E-state index in [2.05, 4.69) is 24.9 Å². The fourth-order valence-electron chi connectivity index (χ4n) is 6.72. The van der Waals surface area contributed by atoms with Crippen molar-refractivity contribution < 1.29 is 19.4 Å². The number of ether oxygens (including phenoxy) is 1. The largest absolute Gasteiger partial charge is 0.508 e. The molecule has 6 heteroatoms. The van der Waals surface area contributed by atoms with Gasteiger partial charge in [0, 0.05) is 12.1 Å². The molecular formula is C34H34N2O4. The first-order valence-electron chi connectivity index (χ1n) is 14.1. The number of nitrogens with zero attached hydrogens (tertiary/aromatic N) is 2. The fourth-order valence-corrected chi connectivity index (χ4v) is 6.72. The van der Waals surface area contributed by atoms with Gasteiger partial charge in [-0.05, 0) is 84.4 Å². The Kier molecular flexibility index (Phi) is 7.11. The van der Waals surface area contributed by atoms with E-state index in [0.717, 1.165) is 29.7 Å². The summed E-state index contributed by atoms with van der Waals surface area (Å²) in [6.07, 6.45) is 5.80. The molecular weight excluding hydrogens is 500 g/mol. The second-order valence-electron chi connectivity index (χ2n) is 11.3. The van der Waals surface area contributed by atoms with Gasteiger partial charge in [0.1, 0.15) is 5.75 Å². The molecule has 2 aromatic carbocycles. The summed E-state index contributed by atoms with van der Waals surface area (Å²) in [6.45, 7) is 4.80. The molecule has 6 rings (SSSR count). The highest BCUT2D eigenvalue weighted by Crippen LogP contribution is 2.52. The van der Waals surface area contributed by atoms with Crippen molar-refractivity contribution >= 4 is 29.2 Å². The van der Waals surface area contributed by atoms with E-state index in [1.54, 1.807) is 18.3 Å². The third-order valence-electron chi connectivity index (χ3n) is 8.54. The molecule has 3 heterocycles. The summed E-state index contributed by atoms with van der Waals surface area (Å²) in [5.41, 5.74) is 5.99. The lowest BCUT2D eigenvalue weighted by Gasteiger charge is -2.33. The summed E-state index contributed by atoms with van der Waals surface area (Å²) in [5, 5.41) is 9.99. The summed E-state index contributed by atoms with van der Waals surface area (Å²) in [5.74, 6) is -0.514. The number of pyridine rings is 1. The topological polar surface area (TPSA) is 79.7 Å². The van der Waals surface area contributed by atoms with Gasteiger partial charge in [0.25, 0.3) is 0 Å². The molecule has 0 radical (unpaired) electrons. The minimum Gasteiger partial charge on any atom is -0.508 e. The van der Waals surface area contributed by atoms with Gasteiger partial charge in [-0.25, -0.2) is 0 Å². The van der Waals surface area contributed by atoms with Gasteiger partial charge in [-0.2, -0.15) is 0 Å². The summed E-state index contributed by atoms with van der Waals surface area (Å²) in [7, 11) is 0. The third-order valence-corrected chi connectivity index (χ3v) is 8.54. The highest BCUT2D eigenvalue weighted by molar-refractivity contribution is 6.22. The van der Waals surface area contributed by atoms with Crippen LogP contribution in [0.15, 0.2) is 90.1 Å². The minimum atomic E-state index is -0.381. The summed E-state index contributed by atoms with van der Waals surface area (Å²) in [6, 6.07) is 22.3. The Morgan fingerprint density at radius 1 is 1.02 bits per heavy atom. The maximum Gasteiger partial charge on any atom is 0.238 e. The van der Waals surface area contributed by atoms with E-state index in [1.165, 1.54) is 16.0 Å². The highest BCUT2D eigenvalue weighted by Gasteiger charge is 2.57. The zero-order valence-corrected chi connectivity index (χ0v) is 22.9. The quantitative estimate of drug-likeness (QED) is 0.285. The van der Waals surface area contributed by atoms with Gasteiger partial charge in [-0.1, -0.05) is 55.8 Å². The number of aromatic hydroxyl groups is 1. The lowest BCUT2D eigenvalue weighted by atomic mass is 9.67. The van der Waals surface area contributed by atoms with Crippen LogP contribution in [0.25, 0.3) is 11.6 Å². The molecule has 2 saturated heterocycles. The number of hydrogen-bond acceptors (Lipinski definition) is 5. The SMILES string of the molecule is CC(C)C1=C2[C@@H](CC/C(=C/c3cccc(O)c3)c3ccccn3)OC[C@@H]2[C@@H]2C(=O)N(c3ccccc3)C(=O)[C@@H]2C1. The van der Waals surface area contributed by atoms with Crippen molar-refractivity contribution in [2.75, 3.05) is 11.5 Å². The molecule has 2 fully saturated rings. The molecule has 0 bridgehead atoms. The summed E-state index contributed by atoms with van der Waals surface area (Å²) in [4.78, 5) is 33.3. The Labute approximate surface area is 235 Å². The number of phenols is 1. The van der Waals surface area contributed by atoms with E-state index >= 15 is 0 Å². The first-order valence-corrected chi connectivity index (χ1v) is 14.1. The predicted octanol–water partition coefficient (Wildman–Crippen LogP) is 6.29. The monoisotopic (exact) mass is 534 g/mol. The van der Waals surface area contributed by atoms with Gasteiger partial charge in [-0.3, -0.25) is 19.5 Å². The van der Waals surface area contributed by atoms with Crippen molar-refractivity contribution in [3.8, 4) is 5.75 Å². The molecule has 1 N–H and O–H groups in total. The van der Waals surface area contributed by atoms with Crippen molar-refractivity contribution in [1.82, 2.24) is 4.98 Å². The number of benzene rings is 2. The van der Waals surface area contributed by atoms with Gasteiger partial charge in [0.15, 0.2) is 0 Å². The third kappa shape index (κ3) is 4.77. The van der Waals surface area contributed by atoms with E-state index in [4.69, 9.17) is 4.74 Å². The first-order chi connectivity index (χ1) is 19.4. The maximum atomic E-state index is 13.7. The van der Waals surface area contributed by atoms with Crippen LogP contribution in [0.4, 0.5) is 5.69 Å². The number of anilines is 1. The molecule has 6 nitrogen and oxygen atoms in total. The van der Waals surface area contributed by atoms with Crippen LogP contribution < -0.4 is 4.90 Å². The number of rotatable bonds is 7. The molecule has 4 atom stereocenters. The zero-order chi connectivity index (χ0) is 27.8. The lowest BCUT2D eigenvalue weighted by molar-refractivity contribution is -0.122. The van der Waals surface area contributed by atoms with E-state index in [9.17, 15) is 14.7 Å². The highest BCUT2D eigenvalue weighted by atomic mass is 16.5. The Morgan fingerprint density at radius 3 is 2.55 bits per heavy atom. The second-order valence-corrected chi connectivity index (χ2v) is 11.3. The van der Waals surface area contributed by atoms with Gasteiger partial charge >= 0.3 is 0 Å². The molecule has 2 aliphatic heterocycles. The van der Waals surface area contributed by atoms with Crippen LogP contribution in [0.3, 0.4) is 0 Å². The molecule has 3 aliphatic rings. The number of imide groups is 1. The normalized spacial score (nSPS) is 24.6. The van der Waals surface area contributed by atoms with Crippen molar-refractivity contribution in [2.45, 2.75) is 39.2 Å². The molecule has 0 unspecified atom stereocenters. The van der Waals surface area contributed by atoms with Gasteiger partial charge < -0.3 is 9.84 Å². The number of amides is 2. The Morgan fingerprint density at radius 2 is 1.82 bits per heavy atom. The number of carbonyl (C=O) groups is 2. The van der Waals surface area contributed by atoms with Crippen LogP contribution in [0, 0.1) is 23.7 Å². The molecule has 2 amide bonds. The molecule has 3 aromatic rings. The number of fused-ring (bicyclic) bond motifs is 3. The smallest absolute Gasteiger partial charge is 0.238 e. The number of aromatic nitrogens is 1. The van der Waals surface area contributed by atoms with Crippen LogP contribution >= 0.6 is 0 Å². The Balaban J connectivity index is 1.29. The average Bonchev–Trinajstić information content (AvgIpc) is 3.49. The maximum absolute atomic E-state index is 13.7. The van der Waals surface area contributed by atoms with Crippen molar-refractivity contribution in [3.05, 3.63) is 101 Å². The Bertz CT molecular complexity index is 1480. The first kappa shape index (κ1) is 26.2. The molecule has 1 aromatic heterocycles. The predicted molar refractivity (Wildman–Crippen MR) is 155 cm³/mol. The van der Waals surface area contributed by atoms with E-state index in [1.807, 2.05) is 60.7 Å². The van der Waals surface area contributed by atoms with E-state index in [-0.39, 0.29) is 47.3 Å². The Hall–Kier alpha value is -4.03. The van der Waals surface area contributed by atoms with Crippen molar-refractivity contribution in [1.29, 1.82) is 0 Å². The average molecular weight is 535 g/mol. The van der Waals surface area contributed by atoms with Crippen LogP contribution in [-0.4, -0.2) is 34.6 Å².